The Kier molecular flexibility index (Phi) is 24.2. The van der Waals surface area contributed by atoms with Gasteiger partial charge in [0.1, 0.15) is 0 Å². The molecule has 61 heavy (non-hydrogen) atoms. The first-order chi connectivity index (χ1) is 28.3. The van der Waals surface area contributed by atoms with Crippen LogP contribution in [0.1, 0.15) is 177 Å². The van der Waals surface area contributed by atoms with Crippen LogP contribution in [0.25, 0.3) is 0 Å². The van der Waals surface area contributed by atoms with Gasteiger partial charge >= 0.3 is 0 Å². The molecule has 1 saturated carbocycles. The Labute approximate surface area is 379 Å². The molecule has 0 aromatic carbocycles. The van der Waals surface area contributed by atoms with Gasteiger partial charge in [-0.3, -0.25) is 24.5 Å². The summed E-state index contributed by atoms with van der Waals surface area (Å²) < 4.78 is 37.2. The van der Waals surface area contributed by atoms with Crippen LogP contribution < -0.4 is 0 Å². The highest BCUT2D eigenvalue weighted by Gasteiger charge is 2.52. The minimum atomic E-state index is -2.47. The third-order valence-electron chi connectivity index (χ3n) is 14.8. The van der Waals surface area contributed by atoms with Gasteiger partial charge in [-0.25, -0.2) is 8.78 Å². The molecule has 7 nitrogen and oxygen atoms in total. The zero-order chi connectivity index (χ0) is 46.6. The lowest BCUT2D eigenvalue weighted by atomic mass is 9.96. The average molecular weight is 870 g/mol. The molecule has 6 rings (SSSR count). The molecule has 6 aliphatic rings. The van der Waals surface area contributed by atoms with Crippen LogP contribution in [0.4, 0.5) is 8.78 Å². The zero-order valence-electron chi connectivity index (χ0n) is 44.1. The predicted octanol–water partition coefficient (Wildman–Crippen LogP) is 11.7. The van der Waals surface area contributed by atoms with Crippen LogP contribution in [-0.4, -0.2) is 150 Å². The molecule has 0 bridgehead atoms. The first-order valence-corrected chi connectivity index (χ1v) is 25.6. The van der Waals surface area contributed by atoms with Crippen molar-refractivity contribution in [1.82, 2.24) is 24.5 Å². The lowest BCUT2D eigenvalue weighted by Gasteiger charge is -2.40. The van der Waals surface area contributed by atoms with Crippen LogP contribution in [0.15, 0.2) is 0 Å². The van der Waals surface area contributed by atoms with E-state index in [2.05, 4.69) is 130 Å². The zero-order valence-corrected chi connectivity index (χ0v) is 44.1. The SMILES string of the molecule is CC(C)[C@@H]1CC(F)(F)CN1C(C)C.CC(C)[C@@H]1CC2(CC2)CN1C(C)C.CC(C)[C@@H]1CCCN1C(C)C.CC(C)[C@@H]1COCCN1C(C)C.CC(C)[C@@H]1COCCN1C(C)C. The van der Waals surface area contributed by atoms with E-state index in [-0.39, 0.29) is 25.0 Å². The molecule has 6 fully saturated rings. The van der Waals surface area contributed by atoms with Crippen molar-refractivity contribution in [3.05, 3.63) is 0 Å². The fourth-order valence-corrected chi connectivity index (χ4v) is 10.8. The molecule has 0 aromatic heterocycles. The van der Waals surface area contributed by atoms with Crippen molar-refractivity contribution in [1.29, 1.82) is 0 Å². The smallest absolute Gasteiger partial charge is 0.262 e. The van der Waals surface area contributed by atoms with E-state index in [1.165, 1.54) is 45.2 Å². The van der Waals surface area contributed by atoms with Crippen molar-refractivity contribution in [2.75, 3.05) is 59.2 Å². The fourth-order valence-electron chi connectivity index (χ4n) is 10.8. The number of rotatable bonds is 10. The van der Waals surface area contributed by atoms with Crippen molar-refractivity contribution in [2.45, 2.75) is 243 Å². The summed E-state index contributed by atoms with van der Waals surface area (Å²) in [6, 6.07) is 6.03. The fraction of sp³-hybridized carbons (Fsp3) is 1.00. The summed E-state index contributed by atoms with van der Waals surface area (Å²) in [6.07, 6.45) is 7.32. The molecule has 5 atom stereocenters. The molecular formula is C52H105F2N5O2. The van der Waals surface area contributed by atoms with Crippen molar-refractivity contribution in [3.63, 3.8) is 0 Å². The van der Waals surface area contributed by atoms with Gasteiger partial charge in [0, 0.05) is 86.5 Å². The van der Waals surface area contributed by atoms with Gasteiger partial charge in [-0.1, -0.05) is 69.2 Å². The predicted molar refractivity (Wildman–Crippen MR) is 259 cm³/mol. The number of morpholine rings is 2. The van der Waals surface area contributed by atoms with E-state index in [0.717, 1.165) is 80.9 Å². The Morgan fingerprint density at radius 3 is 1.03 bits per heavy atom. The maximum Gasteiger partial charge on any atom is 0.262 e. The highest BCUT2D eigenvalue weighted by atomic mass is 19.3. The van der Waals surface area contributed by atoms with E-state index in [4.69, 9.17) is 9.47 Å². The van der Waals surface area contributed by atoms with Gasteiger partial charge in [-0.05, 0) is 143 Å². The first-order valence-electron chi connectivity index (χ1n) is 25.6. The molecule has 0 unspecified atom stereocenters. The van der Waals surface area contributed by atoms with E-state index in [1.54, 1.807) is 0 Å². The summed E-state index contributed by atoms with van der Waals surface area (Å²) in [7, 11) is 0. The Morgan fingerprint density at radius 1 is 0.410 bits per heavy atom. The molecule has 0 amide bonds. The monoisotopic (exact) mass is 870 g/mol. The summed E-state index contributed by atoms with van der Waals surface area (Å²) in [6.45, 7) is 53.3. The normalized spacial score (nSPS) is 28.6. The number of alkyl halides is 2. The van der Waals surface area contributed by atoms with Gasteiger partial charge < -0.3 is 9.47 Å². The largest absolute Gasteiger partial charge is 0.378 e. The van der Waals surface area contributed by atoms with Crippen LogP contribution in [0, 0.1) is 35.0 Å². The minimum absolute atomic E-state index is 0.0306. The number of nitrogens with zero attached hydrogens (tertiary/aromatic N) is 5. The number of ether oxygens (including phenoxy) is 2. The second kappa shape index (κ2) is 26.1. The number of hydrogen-bond donors (Lipinski definition) is 0. The Bertz CT molecular complexity index is 1030. The van der Waals surface area contributed by atoms with Crippen molar-refractivity contribution in [3.8, 4) is 0 Å². The van der Waals surface area contributed by atoms with Gasteiger partial charge in [-0.15, -0.1) is 0 Å². The molecule has 364 valence electrons. The third kappa shape index (κ3) is 18.1. The summed E-state index contributed by atoms with van der Waals surface area (Å²) in [5.74, 6) is 0.914. The van der Waals surface area contributed by atoms with E-state index >= 15 is 0 Å². The number of halogens is 2. The van der Waals surface area contributed by atoms with Gasteiger partial charge in [0.15, 0.2) is 0 Å². The second-order valence-corrected chi connectivity index (χ2v) is 23.1. The minimum Gasteiger partial charge on any atom is -0.378 e. The summed E-state index contributed by atoms with van der Waals surface area (Å²) in [4.78, 5) is 12.4. The van der Waals surface area contributed by atoms with E-state index in [9.17, 15) is 8.78 Å². The molecule has 0 aromatic rings. The maximum absolute atomic E-state index is 13.1. The summed E-state index contributed by atoms with van der Waals surface area (Å²) in [5, 5.41) is 0. The third-order valence-corrected chi connectivity index (χ3v) is 14.8. The van der Waals surface area contributed by atoms with Crippen LogP contribution in [0.5, 0.6) is 0 Å². The molecule has 0 radical (unpaired) electrons. The number of likely N-dealkylation sites (tertiary alicyclic amines) is 3. The van der Waals surface area contributed by atoms with Gasteiger partial charge in [0.05, 0.1) is 33.0 Å². The van der Waals surface area contributed by atoms with E-state index in [1.807, 2.05) is 32.6 Å². The van der Waals surface area contributed by atoms with Gasteiger partial charge in [0.25, 0.3) is 5.92 Å². The van der Waals surface area contributed by atoms with Crippen LogP contribution >= 0.6 is 0 Å². The first kappa shape index (κ1) is 56.7. The molecule has 5 aliphatic heterocycles. The highest BCUT2D eigenvalue weighted by Crippen LogP contribution is 2.56. The van der Waals surface area contributed by atoms with E-state index in [0.29, 0.717) is 41.9 Å². The summed E-state index contributed by atoms with van der Waals surface area (Å²) in [5.41, 5.74) is 0.777. The molecule has 5 heterocycles. The standard InChI is InChI=1S/C12H23N.C10H19F2N.2C10H21NO.C10H21N/c1-9(2)11-7-12(5-6-12)8-13(11)10(3)4;1-7(2)9-5-10(11,12)6-13(9)8(3)4;2*1-8(2)10-7-12-6-5-11(10)9(3)4;1-8(2)10-6-5-7-11(10)9(3)4/h9-11H,5-8H2,1-4H3;7-9H,5-6H2,1-4H3;2*8-10H,5-7H2,1-4H3;8-10H,5-7H2,1-4H3/t11-;9-;3*10-/m00000/s1. The quantitative estimate of drug-likeness (QED) is 0.216. The lowest BCUT2D eigenvalue weighted by Crippen LogP contribution is -2.51. The van der Waals surface area contributed by atoms with Crippen molar-refractivity contribution >= 4 is 0 Å². The Hall–Kier alpha value is -0.420. The van der Waals surface area contributed by atoms with Crippen LogP contribution in [0.2, 0.25) is 0 Å². The maximum atomic E-state index is 13.1. The molecule has 1 spiro atoms. The molecular weight excluding hydrogens is 765 g/mol. The van der Waals surface area contributed by atoms with Gasteiger partial charge in [-0.2, -0.15) is 0 Å². The van der Waals surface area contributed by atoms with Crippen molar-refractivity contribution in [2.24, 2.45) is 35.0 Å². The lowest BCUT2D eigenvalue weighted by molar-refractivity contribution is -0.0386. The molecule has 5 saturated heterocycles. The molecule has 0 N–H and O–H groups in total. The van der Waals surface area contributed by atoms with E-state index < -0.39 is 5.92 Å². The number of hydrogen-bond acceptors (Lipinski definition) is 7. The average Bonchev–Trinajstić information content (AvgIpc) is 3.47. The van der Waals surface area contributed by atoms with Crippen LogP contribution in [-0.2, 0) is 9.47 Å². The topological polar surface area (TPSA) is 34.7 Å². The van der Waals surface area contributed by atoms with Crippen LogP contribution in [0.3, 0.4) is 0 Å². The Balaban J connectivity index is 0.000000263. The summed E-state index contributed by atoms with van der Waals surface area (Å²) >= 11 is 0. The van der Waals surface area contributed by atoms with Crippen molar-refractivity contribution < 1.29 is 18.3 Å². The van der Waals surface area contributed by atoms with Gasteiger partial charge in [0.2, 0.25) is 0 Å². The highest BCUT2D eigenvalue weighted by molar-refractivity contribution is 5.05. The second-order valence-electron chi connectivity index (χ2n) is 23.1. The molecule has 9 heteroatoms. The molecule has 1 aliphatic carbocycles. The Morgan fingerprint density at radius 2 is 0.754 bits per heavy atom.